The second-order valence-electron chi connectivity index (χ2n) is 9.34. The highest BCUT2D eigenvalue weighted by molar-refractivity contribution is 7.99. The molecule has 0 heterocycles. The molecule has 0 saturated heterocycles. The van der Waals surface area contributed by atoms with E-state index in [0.717, 1.165) is 17.8 Å². The Morgan fingerprint density at radius 2 is 1.64 bits per heavy atom. The van der Waals surface area contributed by atoms with Crippen LogP contribution in [0.1, 0.15) is 65.7 Å². The molecule has 0 amide bonds. The quantitative estimate of drug-likeness (QED) is 0.398. The molecule has 0 aliphatic heterocycles. The van der Waals surface area contributed by atoms with Crippen LogP contribution in [0.25, 0.3) is 0 Å². The molecule has 4 aliphatic rings. The van der Waals surface area contributed by atoms with Crippen molar-refractivity contribution in [2.24, 2.45) is 29.4 Å². The van der Waals surface area contributed by atoms with Gasteiger partial charge in [-0.25, -0.2) is 4.79 Å². The Hall–Kier alpha value is -0.400. The molecule has 0 aromatic carbocycles. The minimum atomic E-state index is -1.09. The summed E-state index contributed by atoms with van der Waals surface area (Å²) in [5, 5.41) is 9.38. The number of thioether (sulfide) groups is 1. The fourth-order valence-corrected chi connectivity index (χ4v) is 6.12. The molecule has 3 N–H and O–H groups in total. The molecule has 162 valence electrons. The van der Waals surface area contributed by atoms with E-state index in [9.17, 15) is 9.59 Å². The van der Waals surface area contributed by atoms with Crippen LogP contribution in [-0.4, -0.2) is 45.4 Å². The molecule has 28 heavy (non-hydrogen) atoms. The molecular formula is C21H37NO4S2. The molecule has 0 aromatic heterocycles. The second-order valence-corrected chi connectivity index (χ2v) is 11.4. The van der Waals surface area contributed by atoms with Crippen molar-refractivity contribution in [3.63, 3.8) is 0 Å². The van der Waals surface area contributed by atoms with Crippen molar-refractivity contribution in [1.82, 2.24) is 0 Å². The minimum absolute atomic E-state index is 0.300. The van der Waals surface area contributed by atoms with Gasteiger partial charge < -0.3 is 15.6 Å². The van der Waals surface area contributed by atoms with Gasteiger partial charge in [-0.3, -0.25) is 4.79 Å². The number of carboxylic acid groups (broad SMARTS) is 1. The van der Waals surface area contributed by atoms with Crippen LogP contribution in [0.15, 0.2) is 0 Å². The van der Waals surface area contributed by atoms with Crippen molar-refractivity contribution in [3.8, 4) is 0 Å². The number of thiol groups is 1. The predicted molar refractivity (Wildman–Crippen MR) is 118 cm³/mol. The molecule has 4 fully saturated rings. The molecule has 7 heteroatoms. The topological polar surface area (TPSA) is 89.6 Å². The Kier molecular flexibility index (Phi) is 9.02. The van der Waals surface area contributed by atoms with Crippen molar-refractivity contribution < 1.29 is 19.4 Å². The molecule has 5 nitrogen and oxygen atoms in total. The van der Waals surface area contributed by atoms with Gasteiger partial charge in [-0.15, -0.1) is 0 Å². The highest BCUT2D eigenvalue weighted by atomic mass is 32.2. The second kappa shape index (κ2) is 10.6. The van der Waals surface area contributed by atoms with E-state index in [4.69, 9.17) is 15.6 Å². The van der Waals surface area contributed by atoms with Gasteiger partial charge in [-0.2, -0.15) is 24.4 Å². The van der Waals surface area contributed by atoms with Gasteiger partial charge in [-0.05, 0) is 67.3 Å². The van der Waals surface area contributed by atoms with E-state index in [1.807, 2.05) is 13.8 Å². The van der Waals surface area contributed by atoms with Crippen molar-refractivity contribution in [3.05, 3.63) is 0 Å². The lowest BCUT2D eigenvalue weighted by atomic mass is 9.53. The molecule has 4 aliphatic carbocycles. The molecule has 0 spiro atoms. The Labute approximate surface area is 179 Å². The van der Waals surface area contributed by atoms with Crippen molar-refractivity contribution in [2.75, 3.05) is 11.5 Å². The SMILES string of the molecule is CC(C)SCCC(OC(=O)[C@H](C)CS)C(=O)O.NC12CC3CC(CC(C3)C1)C2. The molecule has 4 saturated carbocycles. The molecule has 4 rings (SSSR count). The van der Waals surface area contributed by atoms with Crippen LogP contribution < -0.4 is 5.73 Å². The van der Waals surface area contributed by atoms with Gasteiger partial charge in [0.25, 0.3) is 0 Å². The Morgan fingerprint density at radius 3 is 2.00 bits per heavy atom. The van der Waals surface area contributed by atoms with Crippen molar-refractivity contribution in [2.45, 2.75) is 82.6 Å². The third-order valence-corrected chi connectivity index (χ3v) is 7.81. The maximum absolute atomic E-state index is 11.4. The maximum atomic E-state index is 11.4. The summed E-state index contributed by atoms with van der Waals surface area (Å²) >= 11 is 5.62. The number of hydrogen-bond donors (Lipinski definition) is 3. The number of aliphatic carboxylic acids is 1. The van der Waals surface area contributed by atoms with Crippen LogP contribution >= 0.6 is 24.4 Å². The van der Waals surface area contributed by atoms with Crippen molar-refractivity contribution in [1.29, 1.82) is 0 Å². The predicted octanol–water partition coefficient (Wildman–Crippen LogP) is 3.99. The Morgan fingerprint density at radius 1 is 1.14 bits per heavy atom. The number of carbonyl (C=O) groups excluding carboxylic acids is 1. The zero-order chi connectivity index (χ0) is 20.9. The third kappa shape index (κ3) is 7.13. The summed E-state index contributed by atoms with van der Waals surface area (Å²) in [4.78, 5) is 22.4. The number of carboxylic acids is 1. The number of hydrogen-bond acceptors (Lipinski definition) is 6. The van der Waals surface area contributed by atoms with E-state index in [1.165, 1.54) is 38.5 Å². The van der Waals surface area contributed by atoms with Gasteiger partial charge in [0.05, 0.1) is 5.92 Å². The molecule has 0 aromatic rings. The van der Waals surface area contributed by atoms with Crippen LogP contribution in [-0.2, 0) is 14.3 Å². The van der Waals surface area contributed by atoms with Gasteiger partial charge in [0.1, 0.15) is 0 Å². The minimum Gasteiger partial charge on any atom is -0.479 e. The first-order valence-corrected chi connectivity index (χ1v) is 12.2. The smallest absolute Gasteiger partial charge is 0.345 e. The number of rotatable bonds is 8. The van der Waals surface area contributed by atoms with E-state index in [1.54, 1.807) is 18.7 Å². The van der Waals surface area contributed by atoms with Gasteiger partial charge in [0, 0.05) is 17.7 Å². The van der Waals surface area contributed by atoms with Gasteiger partial charge in [0.2, 0.25) is 0 Å². The van der Waals surface area contributed by atoms with Gasteiger partial charge >= 0.3 is 11.9 Å². The lowest BCUT2D eigenvalue weighted by Gasteiger charge is -2.55. The number of esters is 1. The van der Waals surface area contributed by atoms with Crippen LogP contribution in [0.3, 0.4) is 0 Å². The molecule has 2 atom stereocenters. The molecule has 1 unspecified atom stereocenters. The Bertz CT molecular complexity index is 505. The van der Waals surface area contributed by atoms with E-state index < -0.39 is 18.0 Å². The fourth-order valence-electron chi connectivity index (χ4n) is 5.15. The summed E-state index contributed by atoms with van der Waals surface area (Å²) in [6.45, 7) is 5.74. The van der Waals surface area contributed by atoms with E-state index in [2.05, 4.69) is 12.6 Å². The molecule has 0 radical (unpaired) electrons. The standard InChI is InChI=1S/C11H20O4S2.C10H17N/c1-7(2)17-5-4-9(10(12)13)15-11(14)8(3)6-16;11-10-4-7-1-8(5-10)3-9(2-7)6-10/h7-9,16H,4-6H2,1-3H3,(H,12,13);7-9H,1-6,11H2/t8-,9?;/m1./s1. The highest BCUT2D eigenvalue weighted by Crippen LogP contribution is 2.54. The average Bonchev–Trinajstić information content (AvgIpc) is 2.58. The first-order chi connectivity index (χ1) is 13.1. The van der Waals surface area contributed by atoms with Gasteiger partial charge in [0.15, 0.2) is 6.10 Å². The largest absolute Gasteiger partial charge is 0.479 e. The van der Waals surface area contributed by atoms with Crippen LogP contribution in [0, 0.1) is 23.7 Å². The summed E-state index contributed by atoms with van der Waals surface area (Å²) in [6.07, 6.45) is 7.86. The highest BCUT2D eigenvalue weighted by Gasteiger charge is 2.48. The van der Waals surface area contributed by atoms with Crippen LogP contribution in [0.5, 0.6) is 0 Å². The monoisotopic (exact) mass is 431 g/mol. The van der Waals surface area contributed by atoms with Gasteiger partial charge in [-0.1, -0.05) is 20.8 Å². The summed E-state index contributed by atoms with van der Waals surface area (Å²) in [6, 6.07) is 0. The zero-order valence-electron chi connectivity index (χ0n) is 17.4. The van der Waals surface area contributed by atoms with E-state index in [0.29, 0.717) is 28.7 Å². The van der Waals surface area contributed by atoms with E-state index in [-0.39, 0.29) is 5.92 Å². The third-order valence-electron chi connectivity index (χ3n) is 6.13. The lowest BCUT2D eigenvalue weighted by molar-refractivity contribution is -0.166. The normalized spacial score (nSPS) is 32.4. The number of ether oxygens (including phenoxy) is 1. The fraction of sp³-hybridized carbons (Fsp3) is 0.905. The lowest BCUT2D eigenvalue weighted by Crippen LogP contribution is -2.55. The van der Waals surface area contributed by atoms with E-state index >= 15 is 0 Å². The van der Waals surface area contributed by atoms with Crippen LogP contribution in [0.4, 0.5) is 0 Å². The first-order valence-electron chi connectivity index (χ1n) is 10.6. The summed E-state index contributed by atoms with van der Waals surface area (Å²) in [5.41, 5.74) is 6.62. The maximum Gasteiger partial charge on any atom is 0.345 e. The van der Waals surface area contributed by atoms with Crippen LogP contribution in [0.2, 0.25) is 0 Å². The summed E-state index contributed by atoms with van der Waals surface area (Å²) < 4.78 is 4.95. The molecule has 4 bridgehead atoms. The average molecular weight is 432 g/mol. The summed E-state index contributed by atoms with van der Waals surface area (Å²) in [7, 11) is 0. The zero-order valence-corrected chi connectivity index (χ0v) is 19.1. The Balaban J connectivity index is 0.000000215. The summed E-state index contributed by atoms with van der Waals surface area (Å²) in [5.74, 6) is 2.11. The number of nitrogens with two attached hydrogens (primary N) is 1. The first kappa shape index (κ1) is 23.9. The van der Waals surface area contributed by atoms with Crippen molar-refractivity contribution >= 4 is 36.3 Å². The molecular weight excluding hydrogens is 394 g/mol. The number of carbonyl (C=O) groups is 2.